The second-order valence-corrected chi connectivity index (χ2v) is 7.31. The summed E-state index contributed by atoms with van der Waals surface area (Å²) in [6.45, 7) is 0.412. The van der Waals surface area contributed by atoms with Gasteiger partial charge in [0.05, 0.1) is 19.0 Å². The van der Waals surface area contributed by atoms with Crippen molar-refractivity contribution >= 4 is 22.7 Å². The number of nitrogens with one attached hydrogen (secondary N) is 1. The Morgan fingerprint density at radius 2 is 1.77 bits per heavy atom. The highest BCUT2D eigenvalue weighted by molar-refractivity contribution is 7.14. The smallest absolute Gasteiger partial charge is 0.203 e. The summed E-state index contributed by atoms with van der Waals surface area (Å²) < 4.78 is 11.3. The quantitative estimate of drug-likeness (QED) is 0.290. The molecule has 0 saturated carbocycles. The normalized spacial score (nSPS) is 10.8. The van der Waals surface area contributed by atoms with E-state index in [9.17, 15) is 0 Å². The van der Waals surface area contributed by atoms with Crippen LogP contribution < -0.4 is 14.9 Å². The molecule has 4 aromatic rings. The fourth-order valence-corrected chi connectivity index (χ4v) is 3.57. The predicted molar refractivity (Wildman–Crippen MR) is 123 cm³/mol. The summed E-state index contributed by atoms with van der Waals surface area (Å²) in [6.07, 6.45) is 1.76. The number of hydrogen-bond donors (Lipinski definition) is 1. The summed E-state index contributed by atoms with van der Waals surface area (Å²) in [6, 6.07) is 25.7. The van der Waals surface area contributed by atoms with Crippen molar-refractivity contribution < 1.29 is 9.47 Å². The number of benzene rings is 3. The summed E-state index contributed by atoms with van der Waals surface area (Å²) >= 11 is 1.52. The lowest BCUT2D eigenvalue weighted by Gasteiger charge is -2.11. The SMILES string of the molecule is COc1ccc(C=NNc2nc(-c3ccccc3)cs2)cc1COc1ccccc1. The van der Waals surface area contributed by atoms with E-state index in [-0.39, 0.29) is 0 Å². The zero-order valence-corrected chi connectivity index (χ0v) is 17.3. The highest BCUT2D eigenvalue weighted by atomic mass is 32.1. The first-order valence-corrected chi connectivity index (χ1v) is 10.3. The number of nitrogens with zero attached hydrogens (tertiary/aromatic N) is 2. The molecule has 0 spiro atoms. The third-order valence-electron chi connectivity index (χ3n) is 4.39. The lowest BCUT2D eigenvalue weighted by Crippen LogP contribution is -2.00. The summed E-state index contributed by atoms with van der Waals surface area (Å²) in [7, 11) is 1.66. The van der Waals surface area contributed by atoms with Crippen molar-refractivity contribution in [3.8, 4) is 22.8 Å². The van der Waals surface area contributed by atoms with E-state index in [1.807, 2.05) is 84.2 Å². The lowest BCUT2D eigenvalue weighted by atomic mass is 10.1. The molecule has 150 valence electrons. The minimum Gasteiger partial charge on any atom is -0.496 e. The number of hydrogen-bond acceptors (Lipinski definition) is 6. The molecule has 3 aromatic carbocycles. The molecule has 0 radical (unpaired) electrons. The van der Waals surface area contributed by atoms with Gasteiger partial charge in [-0.05, 0) is 35.9 Å². The van der Waals surface area contributed by atoms with Gasteiger partial charge in [0.25, 0.3) is 0 Å². The van der Waals surface area contributed by atoms with Gasteiger partial charge in [-0.2, -0.15) is 5.10 Å². The molecule has 0 bridgehead atoms. The lowest BCUT2D eigenvalue weighted by molar-refractivity contribution is 0.296. The van der Waals surface area contributed by atoms with Crippen molar-refractivity contribution in [1.29, 1.82) is 0 Å². The maximum atomic E-state index is 5.86. The van der Waals surface area contributed by atoms with Crippen LogP contribution in [0.2, 0.25) is 0 Å². The molecule has 0 aliphatic heterocycles. The van der Waals surface area contributed by atoms with Crippen LogP contribution in [-0.4, -0.2) is 18.3 Å². The van der Waals surface area contributed by atoms with Gasteiger partial charge < -0.3 is 9.47 Å². The fraction of sp³-hybridized carbons (Fsp3) is 0.0833. The molecule has 5 nitrogen and oxygen atoms in total. The van der Waals surface area contributed by atoms with Gasteiger partial charge in [0.1, 0.15) is 18.1 Å². The highest BCUT2D eigenvalue weighted by Gasteiger charge is 2.06. The third kappa shape index (κ3) is 5.04. The van der Waals surface area contributed by atoms with Crippen LogP contribution in [0.4, 0.5) is 5.13 Å². The zero-order chi connectivity index (χ0) is 20.6. The van der Waals surface area contributed by atoms with Crippen molar-refractivity contribution in [2.45, 2.75) is 6.61 Å². The first-order valence-electron chi connectivity index (χ1n) is 9.46. The molecule has 0 unspecified atom stereocenters. The molecular formula is C24H21N3O2S. The number of aromatic nitrogens is 1. The van der Waals surface area contributed by atoms with E-state index in [4.69, 9.17) is 9.47 Å². The van der Waals surface area contributed by atoms with Crippen LogP contribution in [0.3, 0.4) is 0 Å². The Balaban J connectivity index is 1.41. The molecule has 1 aromatic heterocycles. The van der Waals surface area contributed by atoms with E-state index in [0.717, 1.165) is 39.0 Å². The number of rotatable bonds is 8. The van der Waals surface area contributed by atoms with Gasteiger partial charge in [-0.3, -0.25) is 5.43 Å². The van der Waals surface area contributed by atoms with Gasteiger partial charge in [-0.1, -0.05) is 48.5 Å². The largest absolute Gasteiger partial charge is 0.496 e. The number of para-hydroxylation sites is 1. The molecule has 30 heavy (non-hydrogen) atoms. The summed E-state index contributed by atoms with van der Waals surface area (Å²) in [5, 5.41) is 7.08. The number of hydrazone groups is 1. The van der Waals surface area contributed by atoms with Crippen LogP contribution >= 0.6 is 11.3 Å². The summed E-state index contributed by atoms with van der Waals surface area (Å²) in [4.78, 5) is 4.57. The monoisotopic (exact) mass is 415 g/mol. The van der Waals surface area contributed by atoms with Crippen LogP contribution in [0.5, 0.6) is 11.5 Å². The molecule has 6 heteroatoms. The molecule has 1 heterocycles. The van der Waals surface area contributed by atoms with E-state index in [1.165, 1.54) is 11.3 Å². The average molecular weight is 416 g/mol. The maximum absolute atomic E-state index is 5.86. The molecule has 0 atom stereocenters. The van der Waals surface area contributed by atoms with Crippen LogP contribution in [0.25, 0.3) is 11.3 Å². The molecule has 0 saturated heterocycles. The topological polar surface area (TPSA) is 55.7 Å². The van der Waals surface area contributed by atoms with E-state index in [1.54, 1.807) is 13.3 Å². The van der Waals surface area contributed by atoms with Crippen molar-refractivity contribution in [2.24, 2.45) is 5.10 Å². The number of ether oxygens (including phenoxy) is 2. The Hall–Kier alpha value is -3.64. The van der Waals surface area contributed by atoms with E-state index in [0.29, 0.717) is 6.61 Å². The first-order chi connectivity index (χ1) is 14.8. The Morgan fingerprint density at radius 1 is 1.00 bits per heavy atom. The van der Waals surface area contributed by atoms with E-state index in [2.05, 4.69) is 15.5 Å². The average Bonchev–Trinajstić information content (AvgIpc) is 3.28. The van der Waals surface area contributed by atoms with Crippen molar-refractivity contribution in [3.63, 3.8) is 0 Å². The summed E-state index contributed by atoms with van der Waals surface area (Å²) in [5.41, 5.74) is 6.91. The minimum atomic E-state index is 0.412. The van der Waals surface area contributed by atoms with Crippen LogP contribution in [0.15, 0.2) is 89.3 Å². The Kier molecular flexibility index (Phi) is 6.37. The minimum absolute atomic E-state index is 0.412. The third-order valence-corrected chi connectivity index (χ3v) is 5.14. The van der Waals surface area contributed by atoms with Gasteiger partial charge in [0, 0.05) is 16.5 Å². The van der Waals surface area contributed by atoms with Crippen molar-refractivity contribution in [1.82, 2.24) is 4.98 Å². The van der Waals surface area contributed by atoms with Crippen molar-refractivity contribution in [2.75, 3.05) is 12.5 Å². The highest BCUT2D eigenvalue weighted by Crippen LogP contribution is 2.25. The molecule has 4 rings (SSSR count). The van der Waals surface area contributed by atoms with Crippen LogP contribution in [-0.2, 0) is 6.61 Å². The number of anilines is 1. The summed E-state index contributed by atoms with van der Waals surface area (Å²) in [5.74, 6) is 1.60. The van der Waals surface area contributed by atoms with Crippen molar-refractivity contribution in [3.05, 3.63) is 95.4 Å². The van der Waals surface area contributed by atoms with E-state index >= 15 is 0 Å². The van der Waals surface area contributed by atoms with Crippen LogP contribution in [0, 0.1) is 0 Å². The second kappa shape index (κ2) is 9.71. The van der Waals surface area contributed by atoms with E-state index < -0.39 is 0 Å². The molecular weight excluding hydrogens is 394 g/mol. The Morgan fingerprint density at radius 3 is 2.53 bits per heavy atom. The van der Waals surface area contributed by atoms with Crippen LogP contribution in [0.1, 0.15) is 11.1 Å². The van der Waals surface area contributed by atoms with Gasteiger partial charge in [-0.25, -0.2) is 4.98 Å². The second-order valence-electron chi connectivity index (χ2n) is 6.45. The first kappa shape index (κ1) is 19.7. The molecule has 0 aliphatic rings. The Bertz CT molecular complexity index is 1110. The maximum Gasteiger partial charge on any atom is 0.203 e. The zero-order valence-electron chi connectivity index (χ0n) is 16.5. The molecule has 0 fully saturated rings. The molecule has 0 aliphatic carbocycles. The fourth-order valence-electron chi connectivity index (χ4n) is 2.90. The predicted octanol–water partition coefficient (Wildman–Crippen LogP) is 5.84. The molecule has 1 N–H and O–H groups in total. The standard InChI is InChI=1S/C24H21N3O2S/c1-28-23-13-12-18(14-20(23)16-29-21-10-6-3-7-11-21)15-25-27-24-26-22(17-30-24)19-8-4-2-5-9-19/h2-15,17H,16H2,1H3,(H,26,27). The number of methoxy groups -OCH3 is 1. The van der Waals surface area contributed by atoms with Gasteiger partial charge in [-0.15, -0.1) is 11.3 Å². The van der Waals surface area contributed by atoms with Gasteiger partial charge in [0.2, 0.25) is 5.13 Å². The van der Waals surface area contributed by atoms with Gasteiger partial charge in [0.15, 0.2) is 0 Å². The molecule has 0 amide bonds. The Labute approximate surface area is 179 Å². The number of thiazole rings is 1. The van der Waals surface area contributed by atoms with Gasteiger partial charge >= 0.3 is 0 Å².